The Labute approximate surface area is 121 Å². The molecule has 0 saturated carbocycles. The van der Waals surface area contributed by atoms with Gasteiger partial charge in [0.1, 0.15) is 12.1 Å². The fraction of sp³-hybridized carbons (Fsp3) is 0.200. The van der Waals surface area contributed by atoms with Gasteiger partial charge in [-0.2, -0.15) is 20.7 Å². The van der Waals surface area contributed by atoms with Crippen LogP contribution >= 0.6 is 0 Å². The summed E-state index contributed by atoms with van der Waals surface area (Å²) in [6.45, 7) is 0. The number of aromatic nitrogens is 2. The molecule has 1 aliphatic rings. The van der Waals surface area contributed by atoms with Gasteiger partial charge in [-0.1, -0.05) is 12.1 Å². The third-order valence-corrected chi connectivity index (χ3v) is 3.47. The van der Waals surface area contributed by atoms with E-state index in [1.54, 1.807) is 12.1 Å². The minimum Gasteiger partial charge on any atom is -0.282 e. The standard InChI is InChI=1S/C15H12N6/c16-8-12(9-17)19-18-11-6-4-10(5-7-11)15-13-2-1-3-14(13)20-21-15/h4-7,18H,1-3H2,(H,20,21). The number of hydrogen-bond acceptors (Lipinski definition) is 5. The lowest BCUT2D eigenvalue weighted by atomic mass is 10.1. The SMILES string of the molecule is N#CC(C#N)=NNc1ccc(-c2n[nH]c3c2CCC3)cc1. The van der Waals surface area contributed by atoms with Crippen molar-refractivity contribution in [3.8, 4) is 23.4 Å². The highest BCUT2D eigenvalue weighted by Gasteiger charge is 2.19. The molecule has 0 spiro atoms. The van der Waals surface area contributed by atoms with Crippen LogP contribution in [0.5, 0.6) is 0 Å². The number of hydrogen-bond donors (Lipinski definition) is 2. The number of H-pyrrole nitrogens is 1. The second kappa shape index (κ2) is 5.48. The molecule has 0 aliphatic heterocycles. The summed E-state index contributed by atoms with van der Waals surface area (Å²) in [5.74, 6) is 0. The predicted molar refractivity (Wildman–Crippen MR) is 78.3 cm³/mol. The van der Waals surface area contributed by atoms with Crippen LogP contribution in [-0.2, 0) is 12.8 Å². The van der Waals surface area contributed by atoms with E-state index in [4.69, 9.17) is 10.5 Å². The lowest BCUT2D eigenvalue weighted by Crippen LogP contribution is -1.96. The number of nitrogens with one attached hydrogen (secondary N) is 2. The molecule has 0 atom stereocenters. The van der Waals surface area contributed by atoms with Crippen molar-refractivity contribution in [2.24, 2.45) is 5.10 Å². The summed E-state index contributed by atoms with van der Waals surface area (Å²) in [6.07, 6.45) is 3.32. The van der Waals surface area contributed by atoms with Gasteiger partial charge < -0.3 is 0 Å². The summed E-state index contributed by atoms with van der Waals surface area (Å²) in [5.41, 5.74) is 7.80. The zero-order chi connectivity index (χ0) is 14.7. The number of aryl methyl sites for hydroxylation is 1. The van der Waals surface area contributed by atoms with Gasteiger partial charge in [-0.25, -0.2) is 0 Å². The molecule has 6 nitrogen and oxygen atoms in total. The van der Waals surface area contributed by atoms with E-state index in [2.05, 4.69) is 20.7 Å². The van der Waals surface area contributed by atoms with Crippen molar-refractivity contribution in [3.05, 3.63) is 35.5 Å². The molecule has 6 heteroatoms. The van der Waals surface area contributed by atoms with Crippen molar-refractivity contribution >= 4 is 11.4 Å². The molecule has 0 saturated heterocycles. The van der Waals surface area contributed by atoms with E-state index in [-0.39, 0.29) is 5.71 Å². The Morgan fingerprint density at radius 1 is 1.19 bits per heavy atom. The van der Waals surface area contributed by atoms with Gasteiger partial charge in [-0.15, -0.1) is 0 Å². The molecule has 21 heavy (non-hydrogen) atoms. The molecular weight excluding hydrogens is 264 g/mol. The van der Waals surface area contributed by atoms with E-state index >= 15 is 0 Å². The Balaban J connectivity index is 1.80. The normalized spacial score (nSPS) is 12.1. The van der Waals surface area contributed by atoms with E-state index in [1.165, 1.54) is 17.7 Å². The molecule has 1 aromatic heterocycles. The zero-order valence-electron chi connectivity index (χ0n) is 11.2. The first-order valence-electron chi connectivity index (χ1n) is 6.62. The smallest absolute Gasteiger partial charge is 0.237 e. The van der Waals surface area contributed by atoms with Gasteiger partial charge in [0.25, 0.3) is 0 Å². The van der Waals surface area contributed by atoms with E-state index in [0.29, 0.717) is 5.69 Å². The molecule has 0 bridgehead atoms. The van der Waals surface area contributed by atoms with Gasteiger partial charge in [0, 0.05) is 16.8 Å². The van der Waals surface area contributed by atoms with Gasteiger partial charge in [-0.3, -0.25) is 10.5 Å². The molecule has 2 aromatic rings. The van der Waals surface area contributed by atoms with Crippen LogP contribution in [0, 0.1) is 22.7 Å². The molecule has 1 aromatic carbocycles. The highest BCUT2D eigenvalue weighted by atomic mass is 15.3. The van der Waals surface area contributed by atoms with Crippen LogP contribution in [0.15, 0.2) is 29.4 Å². The Hall–Kier alpha value is -3.12. The maximum atomic E-state index is 8.61. The van der Waals surface area contributed by atoms with E-state index in [0.717, 1.165) is 24.1 Å². The number of nitriles is 2. The predicted octanol–water partition coefficient (Wildman–Crippen LogP) is 2.38. The number of rotatable bonds is 3. The van der Waals surface area contributed by atoms with Crippen molar-refractivity contribution in [3.63, 3.8) is 0 Å². The largest absolute Gasteiger partial charge is 0.282 e. The molecule has 0 radical (unpaired) electrons. The van der Waals surface area contributed by atoms with Gasteiger partial charge in [-0.05, 0) is 31.4 Å². The Kier molecular flexibility index (Phi) is 3.36. The molecule has 0 fully saturated rings. The van der Waals surface area contributed by atoms with E-state index < -0.39 is 0 Å². The maximum Gasteiger partial charge on any atom is 0.237 e. The number of benzene rings is 1. The van der Waals surface area contributed by atoms with Crippen LogP contribution in [0.25, 0.3) is 11.3 Å². The number of aromatic amines is 1. The third kappa shape index (κ3) is 2.47. The van der Waals surface area contributed by atoms with Crippen molar-refractivity contribution in [1.29, 1.82) is 10.5 Å². The van der Waals surface area contributed by atoms with Crippen LogP contribution in [0.3, 0.4) is 0 Å². The Morgan fingerprint density at radius 3 is 2.67 bits per heavy atom. The van der Waals surface area contributed by atoms with Crippen molar-refractivity contribution in [1.82, 2.24) is 10.2 Å². The monoisotopic (exact) mass is 276 g/mol. The first kappa shape index (κ1) is 12.9. The minimum atomic E-state index is -0.204. The third-order valence-electron chi connectivity index (χ3n) is 3.47. The Bertz CT molecular complexity index is 754. The first-order valence-corrected chi connectivity index (χ1v) is 6.62. The van der Waals surface area contributed by atoms with Crippen LogP contribution in [0.2, 0.25) is 0 Å². The minimum absolute atomic E-state index is 0.204. The number of anilines is 1. The van der Waals surface area contributed by atoms with E-state index in [9.17, 15) is 0 Å². The Morgan fingerprint density at radius 2 is 1.95 bits per heavy atom. The van der Waals surface area contributed by atoms with Crippen LogP contribution in [-0.4, -0.2) is 15.9 Å². The lowest BCUT2D eigenvalue weighted by Gasteiger charge is -2.03. The summed E-state index contributed by atoms with van der Waals surface area (Å²) in [4.78, 5) is 0. The summed E-state index contributed by atoms with van der Waals surface area (Å²) in [6, 6.07) is 11.0. The summed E-state index contributed by atoms with van der Waals surface area (Å²) >= 11 is 0. The first-order chi connectivity index (χ1) is 10.3. The second-order valence-electron chi connectivity index (χ2n) is 4.76. The molecule has 1 aliphatic carbocycles. The average Bonchev–Trinajstić information content (AvgIpc) is 3.12. The zero-order valence-corrected chi connectivity index (χ0v) is 11.2. The van der Waals surface area contributed by atoms with Gasteiger partial charge in [0.2, 0.25) is 5.71 Å². The number of fused-ring (bicyclic) bond motifs is 1. The van der Waals surface area contributed by atoms with Crippen LogP contribution in [0.1, 0.15) is 17.7 Å². The fourth-order valence-corrected chi connectivity index (χ4v) is 2.46. The van der Waals surface area contributed by atoms with Crippen molar-refractivity contribution < 1.29 is 0 Å². The lowest BCUT2D eigenvalue weighted by molar-refractivity contribution is 0.867. The highest BCUT2D eigenvalue weighted by molar-refractivity contribution is 6.10. The van der Waals surface area contributed by atoms with Crippen molar-refractivity contribution in [2.75, 3.05) is 5.43 Å². The molecule has 102 valence electrons. The summed E-state index contributed by atoms with van der Waals surface area (Å²) < 4.78 is 0. The maximum absolute atomic E-state index is 8.61. The van der Waals surface area contributed by atoms with Crippen LogP contribution in [0.4, 0.5) is 5.69 Å². The second-order valence-corrected chi connectivity index (χ2v) is 4.76. The topological polar surface area (TPSA) is 101 Å². The molecule has 2 N–H and O–H groups in total. The van der Waals surface area contributed by atoms with Gasteiger partial charge in [0.05, 0.1) is 11.4 Å². The van der Waals surface area contributed by atoms with Crippen LogP contribution < -0.4 is 5.43 Å². The highest BCUT2D eigenvalue weighted by Crippen LogP contribution is 2.30. The quantitative estimate of drug-likeness (QED) is 0.663. The number of nitrogens with zero attached hydrogens (tertiary/aromatic N) is 4. The molecular formula is C15H12N6. The molecule has 3 rings (SSSR count). The molecule has 0 unspecified atom stereocenters. The average molecular weight is 276 g/mol. The van der Waals surface area contributed by atoms with Crippen molar-refractivity contribution in [2.45, 2.75) is 19.3 Å². The van der Waals surface area contributed by atoms with E-state index in [1.807, 2.05) is 24.3 Å². The molecule has 1 heterocycles. The summed E-state index contributed by atoms with van der Waals surface area (Å²) in [7, 11) is 0. The van der Waals surface area contributed by atoms with Gasteiger partial charge >= 0.3 is 0 Å². The molecule has 0 amide bonds. The fourth-order valence-electron chi connectivity index (χ4n) is 2.46. The number of hydrazone groups is 1. The summed E-state index contributed by atoms with van der Waals surface area (Å²) in [5, 5.41) is 28.4. The van der Waals surface area contributed by atoms with Gasteiger partial charge in [0.15, 0.2) is 0 Å².